The first kappa shape index (κ1) is 9.27. The molecule has 0 atom stereocenters. The van der Waals surface area contributed by atoms with Crippen molar-refractivity contribution < 1.29 is 0 Å². The molecule has 0 aliphatic carbocycles. The van der Waals surface area contributed by atoms with Crippen molar-refractivity contribution >= 4 is 11.4 Å². The maximum Gasteiger partial charge on any atom is 0.146 e. The third kappa shape index (κ3) is 1.65. The van der Waals surface area contributed by atoms with Gasteiger partial charge in [0.05, 0.1) is 5.69 Å². The summed E-state index contributed by atoms with van der Waals surface area (Å²) < 4.78 is 1.85. The van der Waals surface area contributed by atoms with E-state index < -0.39 is 0 Å². The standard InChI is InChI=1S/C10H16N4/c1-13-5-3-8(4-6-13)9-7-10(11)12-14(9)2/h3,7H,4-6H2,1-2H3,(H2,11,12). The van der Waals surface area contributed by atoms with Gasteiger partial charge in [0.25, 0.3) is 0 Å². The fraction of sp³-hybridized carbons (Fsp3) is 0.500. The Balaban J connectivity index is 2.27. The van der Waals surface area contributed by atoms with Gasteiger partial charge >= 0.3 is 0 Å². The van der Waals surface area contributed by atoms with Gasteiger partial charge in [-0.25, -0.2) is 0 Å². The Morgan fingerprint density at radius 3 is 2.71 bits per heavy atom. The van der Waals surface area contributed by atoms with Crippen molar-refractivity contribution in [1.82, 2.24) is 14.7 Å². The molecule has 4 nitrogen and oxygen atoms in total. The van der Waals surface area contributed by atoms with Gasteiger partial charge < -0.3 is 10.6 Å². The van der Waals surface area contributed by atoms with Crippen LogP contribution in [0.3, 0.4) is 0 Å². The summed E-state index contributed by atoms with van der Waals surface area (Å²) in [6.07, 6.45) is 3.33. The van der Waals surface area contributed by atoms with E-state index in [0.717, 1.165) is 25.2 Å². The highest BCUT2D eigenvalue weighted by Gasteiger charge is 2.13. The van der Waals surface area contributed by atoms with E-state index in [1.807, 2.05) is 17.8 Å². The lowest BCUT2D eigenvalue weighted by molar-refractivity contribution is 0.369. The van der Waals surface area contributed by atoms with Gasteiger partial charge in [-0.2, -0.15) is 5.10 Å². The van der Waals surface area contributed by atoms with Crippen molar-refractivity contribution in [3.05, 3.63) is 17.8 Å². The van der Waals surface area contributed by atoms with Gasteiger partial charge in [0.2, 0.25) is 0 Å². The first-order chi connectivity index (χ1) is 6.66. The number of aromatic nitrogens is 2. The van der Waals surface area contributed by atoms with E-state index in [0.29, 0.717) is 5.82 Å². The van der Waals surface area contributed by atoms with Crippen molar-refractivity contribution in [2.45, 2.75) is 6.42 Å². The molecule has 0 aromatic carbocycles. The molecule has 1 aromatic rings. The molecule has 0 amide bonds. The molecule has 2 heterocycles. The molecular weight excluding hydrogens is 176 g/mol. The van der Waals surface area contributed by atoms with Gasteiger partial charge in [-0.15, -0.1) is 0 Å². The summed E-state index contributed by atoms with van der Waals surface area (Å²) in [6.45, 7) is 2.12. The fourth-order valence-corrected chi connectivity index (χ4v) is 1.79. The fourth-order valence-electron chi connectivity index (χ4n) is 1.79. The zero-order chi connectivity index (χ0) is 10.1. The first-order valence-corrected chi connectivity index (χ1v) is 4.84. The lowest BCUT2D eigenvalue weighted by Gasteiger charge is -2.21. The summed E-state index contributed by atoms with van der Waals surface area (Å²) in [4.78, 5) is 2.29. The Bertz CT molecular complexity index is 364. The van der Waals surface area contributed by atoms with Crippen molar-refractivity contribution in [3.8, 4) is 0 Å². The molecule has 0 fully saturated rings. The highest BCUT2D eigenvalue weighted by atomic mass is 15.3. The lowest BCUT2D eigenvalue weighted by atomic mass is 10.1. The largest absolute Gasteiger partial charge is 0.382 e. The van der Waals surface area contributed by atoms with Crippen LogP contribution in [0.5, 0.6) is 0 Å². The molecule has 2 rings (SSSR count). The molecule has 2 N–H and O–H groups in total. The number of anilines is 1. The molecule has 0 radical (unpaired) electrons. The molecule has 1 aromatic heterocycles. The van der Waals surface area contributed by atoms with E-state index in [1.165, 1.54) is 5.57 Å². The Kier molecular flexibility index (Phi) is 2.29. The highest BCUT2D eigenvalue weighted by molar-refractivity contribution is 5.65. The number of hydrogen-bond donors (Lipinski definition) is 1. The van der Waals surface area contributed by atoms with Gasteiger partial charge in [-0.05, 0) is 19.0 Å². The van der Waals surface area contributed by atoms with E-state index in [9.17, 15) is 0 Å². The SMILES string of the molecule is CN1CC=C(c2cc(N)nn2C)CC1. The Hall–Kier alpha value is -1.29. The number of likely N-dealkylation sites (N-methyl/N-ethyl adjacent to an activating group) is 1. The molecule has 0 spiro atoms. The van der Waals surface area contributed by atoms with Crippen LogP contribution in [0.4, 0.5) is 5.82 Å². The Labute approximate surface area is 84.0 Å². The topological polar surface area (TPSA) is 47.1 Å². The third-order valence-electron chi connectivity index (χ3n) is 2.64. The first-order valence-electron chi connectivity index (χ1n) is 4.84. The molecule has 76 valence electrons. The number of nitrogens with two attached hydrogens (primary N) is 1. The second kappa shape index (κ2) is 3.46. The van der Waals surface area contributed by atoms with Crippen LogP contribution in [-0.4, -0.2) is 34.8 Å². The maximum atomic E-state index is 5.64. The van der Waals surface area contributed by atoms with Crippen LogP contribution in [0.25, 0.3) is 5.57 Å². The van der Waals surface area contributed by atoms with Crippen LogP contribution in [0.1, 0.15) is 12.1 Å². The Morgan fingerprint density at radius 1 is 1.43 bits per heavy atom. The number of nitrogens with zero attached hydrogens (tertiary/aromatic N) is 3. The zero-order valence-corrected chi connectivity index (χ0v) is 8.70. The molecule has 4 heteroatoms. The predicted molar refractivity (Wildman–Crippen MR) is 57.7 cm³/mol. The number of rotatable bonds is 1. The molecule has 1 aliphatic heterocycles. The molecule has 0 bridgehead atoms. The number of hydrogen-bond acceptors (Lipinski definition) is 3. The average Bonchev–Trinajstić information content (AvgIpc) is 2.47. The number of aryl methyl sites for hydroxylation is 1. The lowest BCUT2D eigenvalue weighted by Crippen LogP contribution is -2.24. The van der Waals surface area contributed by atoms with Crippen molar-refractivity contribution in [1.29, 1.82) is 0 Å². The molecule has 1 aliphatic rings. The molecule has 14 heavy (non-hydrogen) atoms. The summed E-state index contributed by atoms with van der Waals surface area (Å²) >= 11 is 0. The smallest absolute Gasteiger partial charge is 0.146 e. The second-order valence-electron chi connectivity index (χ2n) is 3.82. The second-order valence-corrected chi connectivity index (χ2v) is 3.82. The normalized spacial score (nSPS) is 18.3. The van der Waals surface area contributed by atoms with E-state index in [-0.39, 0.29) is 0 Å². The summed E-state index contributed by atoms with van der Waals surface area (Å²) in [5, 5.41) is 4.15. The van der Waals surface area contributed by atoms with Gasteiger partial charge in [-0.1, -0.05) is 6.08 Å². The van der Waals surface area contributed by atoms with E-state index >= 15 is 0 Å². The molecule has 0 saturated carbocycles. The number of nitrogen functional groups attached to an aromatic ring is 1. The zero-order valence-electron chi connectivity index (χ0n) is 8.70. The van der Waals surface area contributed by atoms with Gasteiger partial charge in [0.1, 0.15) is 5.82 Å². The quantitative estimate of drug-likeness (QED) is 0.713. The van der Waals surface area contributed by atoms with Crippen molar-refractivity contribution in [3.63, 3.8) is 0 Å². The van der Waals surface area contributed by atoms with Crippen LogP contribution in [0.15, 0.2) is 12.1 Å². The minimum Gasteiger partial charge on any atom is -0.382 e. The van der Waals surface area contributed by atoms with E-state index in [2.05, 4.69) is 23.1 Å². The van der Waals surface area contributed by atoms with Crippen LogP contribution in [0.2, 0.25) is 0 Å². The van der Waals surface area contributed by atoms with Crippen molar-refractivity contribution in [2.24, 2.45) is 7.05 Å². The van der Waals surface area contributed by atoms with Crippen LogP contribution < -0.4 is 5.73 Å². The molecular formula is C10H16N4. The monoisotopic (exact) mass is 192 g/mol. The highest BCUT2D eigenvalue weighted by Crippen LogP contribution is 2.22. The predicted octanol–water partition coefficient (Wildman–Crippen LogP) is 0.721. The van der Waals surface area contributed by atoms with Crippen LogP contribution in [-0.2, 0) is 7.05 Å². The Morgan fingerprint density at radius 2 is 2.21 bits per heavy atom. The molecule has 0 saturated heterocycles. The van der Waals surface area contributed by atoms with E-state index in [1.54, 1.807) is 0 Å². The summed E-state index contributed by atoms with van der Waals surface area (Å²) in [7, 11) is 4.07. The minimum absolute atomic E-state index is 0.599. The average molecular weight is 192 g/mol. The summed E-state index contributed by atoms with van der Waals surface area (Å²) in [5.74, 6) is 0.599. The van der Waals surface area contributed by atoms with Gasteiger partial charge in [0, 0.05) is 26.2 Å². The van der Waals surface area contributed by atoms with Crippen LogP contribution >= 0.6 is 0 Å². The minimum atomic E-state index is 0.599. The van der Waals surface area contributed by atoms with E-state index in [4.69, 9.17) is 5.73 Å². The molecule has 0 unspecified atom stereocenters. The van der Waals surface area contributed by atoms with Crippen LogP contribution in [0, 0.1) is 0 Å². The van der Waals surface area contributed by atoms with Gasteiger partial charge in [-0.3, -0.25) is 4.68 Å². The summed E-state index contributed by atoms with van der Waals surface area (Å²) in [6, 6.07) is 1.94. The third-order valence-corrected chi connectivity index (χ3v) is 2.64. The van der Waals surface area contributed by atoms with Crippen molar-refractivity contribution in [2.75, 3.05) is 25.9 Å². The summed E-state index contributed by atoms with van der Waals surface area (Å²) in [5.41, 5.74) is 8.15. The van der Waals surface area contributed by atoms with Gasteiger partial charge in [0.15, 0.2) is 0 Å². The maximum absolute atomic E-state index is 5.64.